The predicted molar refractivity (Wildman–Crippen MR) is 82.0 cm³/mol. The average Bonchev–Trinajstić information content (AvgIpc) is 2.43. The lowest BCUT2D eigenvalue weighted by molar-refractivity contribution is 0.136. The molecule has 1 aromatic rings. The highest BCUT2D eigenvalue weighted by Crippen LogP contribution is 2.23. The Bertz CT molecular complexity index is 363. The van der Waals surface area contributed by atoms with Crippen molar-refractivity contribution in [3.63, 3.8) is 0 Å². The molecular formula is C17H28N2. The van der Waals surface area contributed by atoms with Crippen LogP contribution in [-0.2, 0) is 0 Å². The zero-order chi connectivity index (χ0) is 13.7. The second kappa shape index (κ2) is 7.06. The van der Waals surface area contributed by atoms with Gasteiger partial charge in [0.2, 0.25) is 0 Å². The van der Waals surface area contributed by atoms with Crippen LogP contribution in [0.25, 0.3) is 0 Å². The summed E-state index contributed by atoms with van der Waals surface area (Å²) >= 11 is 0. The fourth-order valence-electron chi connectivity index (χ4n) is 2.95. The number of likely N-dealkylation sites (tertiary alicyclic amines) is 1. The molecule has 106 valence electrons. The topological polar surface area (TPSA) is 29.3 Å². The summed E-state index contributed by atoms with van der Waals surface area (Å²) < 4.78 is 0. The van der Waals surface area contributed by atoms with E-state index in [-0.39, 0.29) is 6.04 Å². The van der Waals surface area contributed by atoms with Crippen LogP contribution < -0.4 is 5.73 Å². The molecule has 1 saturated heterocycles. The van der Waals surface area contributed by atoms with Crippen LogP contribution >= 0.6 is 0 Å². The van der Waals surface area contributed by atoms with Gasteiger partial charge in [-0.3, -0.25) is 0 Å². The van der Waals surface area contributed by atoms with Gasteiger partial charge in [-0.2, -0.15) is 0 Å². The van der Waals surface area contributed by atoms with Crippen molar-refractivity contribution in [2.24, 2.45) is 17.6 Å². The predicted octanol–water partition coefficient (Wildman–Crippen LogP) is 3.44. The summed E-state index contributed by atoms with van der Waals surface area (Å²) in [5.41, 5.74) is 7.51. The SMILES string of the molecule is CC1CCN(CCCC(N)c2ccccc2)CC1C. The van der Waals surface area contributed by atoms with Gasteiger partial charge in [-0.25, -0.2) is 0 Å². The van der Waals surface area contributed by atoms with Crippen molar-refractivity contribution in [1.29, 1.82) is 0 Å². The number of nitrogens with zero attached hydrogens (tertiary/aromatic N) is 1. The third-order valence-electron chi connectivity index (χ3n) is 4.64. The van der Waals surface area contributed by atoms with Gasteiger partial charge >= 0.3 is 0 Å². The van der Waals surface area contributed by atoms with Crippen LogP contribution in [0.15, 0.2) is 30.3 Å². The van der Waals surface area contributed by atoms with Gasteiger partial charge in [0.25, 0.3) is 0 Å². The lowest BCUT2D eigenvalue weighted by Gasteiger charge is -2.35. The van der Waals surface area contributed by atoms with Crippen LogP contribution in [0, 0.1) is 11.8 Å². The molecule has 0 aromatic heterocycles. The van der Waals surface area contributed by atoms with Crippen molar-refractivity contribution >= 4 is 0 Å². The van der Waals surface area contributed by atoms with Gasteiger partial charge in [-0.05, 0) is 49.8 Å². The fraction of sp³-hybridized carbons (Fsp3) is 0.647. The fourth-order valence-corrected chi connectivity index (χ4v) is 2.95. The zero-order valence-corrected chi connectivity index (χ0v) is 12.4. The summed E-state index contributed by atoms with van der Waals surface area (Å²) in [4.78, 5) is 2.61. The van der Waals surface area contributed by atoms with Gasteiger partial charge in [0.15, 0.2) is 0 Å². The second-order valence-corrected chi connectivity index (χ2v) is 6.20. The Hall–Kier alpha value is -0.860. The molecule has 2 rings (SSSR count). The van der Waals surface area contributed by atoms with Crippen LogP contribution in [0.1, 0.15) is 44.7 Å². The van der Waals surface area contributed by atoms with Crippen molar-refractivity contribution in [3.05, 3.63) is 35.9 Å². The number of hydrogen-bond acceptors (Lipinski definition) is 2. The minimum absolute atomic E-state index is 0.197. The van der Waals surface area contributed by atoms with Gasteiger partial charge in [-0.1, -0.05) is 44.2 Å². The molecule has 3 unspecified atom stereocenters. The third kappa shape index (κ3) is 4.32. The third-order valence-corrected chi connectivity index (χ3v) is 4.64. The van der Waals surface area contributed by atoms with E-state index in [1.54, 1.807) is 0 Å². The summed E-state index contributed by atoms with van der Waals surface area (Å²) in [5.74, 6) is 1.74. The first-order chi connectivity index (χ1) is 9.16. The van der Waals surface area contributed by atoms with Gasteiger partial charge in [-0.15, -0.1) is 0 Å². The molecule has 1 fully saturated rings. The standard InChI is InChI=1S/C17H28N2/c1-14-10-12-19(13-15(14)2)11-6-9-17(18)16-7-4-3-5-8-16/h3-5,7-8,14-15,17H,6,9-13,18H2,1-2H3. The van der Waals surface area contributed by atoms with Crippen molar-refractivity contribution in [1.82, 2.24) is 4.90 Å². The lowest BCUT2D eigenvalue weighted by Crippen LogP contribution is -2.39. The molecule has 2 N–H and O–H groups in total. The maximum atomic E-state index is 6.24. The van der Waals surface area contributed by atoms with Crippen molar-refractivity contribution < 1.29 is 0 Å². The van der Waals surface area contributed by atoms with Crippen LogP contribution in [0.4, 0.5) is 0 Å². The number of rotatable bonds is 5. The van der Waals surface area contributed by atoms with E-state index in [1.165, 1.54) is 38.0 Å². The smallest absolute Gasteiger partial charge is 0.0295 e. The van der Waals surface area contributed by atoms with Crippen LogP contribution in [0.3, 0.4) is 0 Å². The Kier molecular flexibility index (Phi) is 5.41. The summed E-state index contributed by atoms with van der Waals surface area (Å²) in [6.45, 7) is 8.51. The Morgan fingerprint density at radius 2 is 1.95 bits per heavy atom. The summed E-state index contributed by atoms with van der Waals surface area (Å²) in [7, 11) is 0. The zero-order valence-electron chi connectivity index (χ0n) is 12.4. The maximum absolute atomic E-state index is 6.24. The Morgan fingerprint density at radius 1 is 1.21 bits per heavy atom. The molecule has 0 amide bonds. The van der Waals surface area contributed by atoms with E-state index in [4.69, 9.17) is 5.73 Å². The molecule has 0 radical (unpaired) electrons. The van der Waals surface area contributed by atoms with Crippen molar-refractivity contribution in [2.75, 3.05) is 19.6 Å². The Labute approximate surface area is 118 Å². The molecule has 0 bridgehead atoms. The Balaban J connectivity index is 1.69. The quantitative estimate of drug-likeness (QED) is 0.878. The van der Waals surface area contributed by atoms with E-state index < -0.39 is 0 Å². The van der Waals surface area contributed by atoms with E-state index in [0.717, 1.165) is 18.3 Å². The number of nitrogens with two attached hydrogens (primary N) is 1. The molecule has 0 spiro atoms. The molecular weight excluding hydrogens is 232 g/mol. The molecule has 1 heterocycles. The maximum Gasteiger partial charge on any atom is 0.0295 e. The molecule has 0 saturated carbocycles. The van der Waals surface area contributed by atoms with Gasteiger partial charge in [0.05, 0.1) is 0 Å². The number of benzene rings is 1. The van der Waals surface area contributed by atoms with E-state index in [1.807, 2.05) is 6.07 Å². The summed E-state index contributed by atoms with van der Waals surface area (Å²) in [6, 6.07) is 10.7. The van der Waals surface area contributed by atoms with Gasteiger partial charge in [0, 0.05) is 12.6 Å². The lowest BCUT2D eigenvalue weighted by atomic mass is 9.88. The summed E-state index contributed by atoms with van der Waals surface area (Å²) in [5, 5.41) is 0. The first-order valence-electron chi connectivity index (χ1n) is 7.69. The van der Waals surface area contributed by atoms with Gasteiger partial charge < -0.3 is 10.6 Å². The molecule has 19 heavy (non-hydrogen) atoms. The molecule has 1 aliphatic rings. The van der Waals surface area contributed by atoms with E-state index in [2.05, 4.69) is 43.0 Å². The molecule has 1 aliphatic heterocycles. The molecule has 2 nitrogen and oxygen atoms in total. The summed E-state index contributed by atoms with van der Waals surface area (Å²) in [6.07, 6.45) is 3.65. The highest BCUT2D eigenvalue weighted by Gasteiger charge is 2.22. The molecule has 2 heteroatoms. The number of piperidine rings is 1. The van der Waals surface area contributed by atoms with E-state index in [0.29, 0.717) is 0 Å². The average molecular weight is 260 g/mol. The minimum Gasteiger partial charge on any atom is -0.324 e. The minimum atomic E-state index is 0.197. The van der Waals surface area contributed by atoms with Crippen LogP contribution in [0.2, 0.25) is 0 Å². The normalized spacial score (nSPS) is 26.3. The van der Waals surface area contributed by atoms with E-state index in [9.17, 15) is 0 Å². The van der Waals surface area contributed by atoms with Gasteiger partial charge in [0.1, 0.15) is 0 Å². The second-order valence-electron chi connectivity index (χ2n) is 6.20. The largest absolute Gasteiger partial charge is 0.324 e. The first-order valence-corrected chi connectivity index (χ1v) is 7.69. The number of hydrogen-bond donors (Lipinski definition) is 1. The highest BCUT2D eigenvalue weighted by atomic mass is 15.1. The van der Waals surface area contributed by atoms with E-state index >= 15 is 0 Å². The monoisotopic (exact) mass is 260 g/mol. The van der Waals surface area contributed by atoms with Crippen molar-refractivity contribution in [2.45, 2.75) is 39.2 Å². The molecule has 3 atom stereocenters. The van der Waals surface area contributed by atoms with Crippen LogP contribution in [-0.4, -0.2) is 24.5 Å². The van der Waals surface area contributed by atoms with Crippen LogP contribution in [0.5, 0.6) is 0 Å². The Morgan fingerprint density at radius 3 is 2.63 bits per heavy atom. The first kappa shape index (κ1) is 14.5. The molecule has 0 aliphatic carbocycles. The molecule has 1 aromatic carbocycles. The van der Waals surface area contributed by atoms with Crippen molar-refractivity contribution in [3.8, 4) is 0 Å². The highest BCUT2D eigenvalue weighted by molar-refractivity contribution is 5.18.